The highest BCUT2D eigenvalue weighted by molar-refractivity contribution is 5.79. The Labute approximate surface area is 186 Å². The molecule has 2 aliphatic heterocycles. The van der Waals surface area contributed by atoms with Gasteiger partial charge in [0, 0.05) is 38.9 Å². The fourth-order valence-electron chi connectivity index (χ4n) is 4.71. The predicted octanol–water partition coefficient (Wildman–Crippen LogP) is 1.78. The average molecular weight is 437 g/mol. The van der Waals surface area contributed by atoms with Gasteiger partial charge in [0.15, 0.2) is 5.58 Å². The smallest absolute Gasteiger partial charge is 0.408 e. The van der Waals surface area contributed by atoms with Crippen molar-refractivity contribution in [2.45, 2.75) is 19.0 Å². The lowest BCUT2D eigenvalue weighted by atomic mass is 10.0. The molecule has 5 rings (SSSR count). The lowest BCUT2D eigenvalue weighted by Gasteiger charge is -2.35. The van der Waals surface area contributed by atoms with Crippen molar-refractivity contribution < 1.29 is 13.9 Å². The molecule has 1 N–H and O–H groups in total. The van der Waals surface area contributed by atoms with Crippen LogP contribution in [0.1, 0.15) is 17.2 Å². The number of para-hydroxylation sites is 2. The van der Waals surface area contributed by atoms with E-state index in [9.17, 15) is 9.59 Å². The Bertz CT molecular complexity index is 1180. The summed E-state index contributed by atoms with van der Waals surface area (Å²) in [6.45, 7) is 4.46. The summed E-state index contributed by atoms with van der Waals surface area (Å²) >= 11 is 0. The maximum absolute atomic E-state index is 12.8. The van der Waals surface area contributed by atoms with Crippen LogP contribution in [0.25, 0.3) is 11.1 Å². The lowest BCUT2D eigenvalue weighted by Crippen LogP contribution is -2.44. The van der Waals surface area contributed by atoms with Gasteiger partial charge in [-0.25, -0.2) is 4.79 Å². The van der Waals surface area contributed by atoms with Crippen molar-refractivity contribution in [3.63, 3.8) is 0 Å². The number of benzene rings is 2. The van der Waals surface area contributed by atoms with Crippen molar-refractivity contribution in [2.75, 3.05) is 51.3 Å². The predicted molar refractivity (Wildman–Crippen MR) is 122 cm³/mol. The van der Waals surface area contributed by atoms with Gasteiger partial charge in [-0.05, 0) is 35.7 Å². The third-order valence-electron chi connectivity index (χ3n) is 6.47. The average Bonchev–Trinajstić information content (AvgIpc) is 3.34. The summed E-state index contributed by atoms with van der Waals surface area (Å²) in [5.41, 5.74) is 4.95. The van der Waals surface area contributed by atoms with Crippen molar-refractivity contribution in [1.29, 1.82) is 0 Å². The summed E-state index contributed by atoms with van der Waals surface area (Å²) < 4.78 is 12.2. The molecule has 8 nitrogen and oxygen atoms in total. The van der Waals surface area contributed by atoms with Crippen LogP contribution in [-0.2, 0) is 22.5 Å². The molecule has 8 heteroatoms. The topological polar surface area (TPSA) is 80.0 Å². The molecule has 1 saturated heterocycles. The molecule has 1 atom stereocenters. The van der Waals surface area contributed by atoms with E-state index in [0.717, 1.165) is 26.1 Å². The van der Waals surface area contributed by atoms with Gasteiger partial charge in [0.1, 0.15) is 6.54 Å². The minimum absolute atomic E-state index is 0.0527. The van der Waals surface area contributed by atoms with Crippen LogP contribution < -0.4 is 16.0 Å². The van der Waals surface area contributed by atoms with Crippen molar-refractivity contribution in [3.8, 4) is 0 Å². The van der Waals surface area contributed by atoms with Crippen LogP contribution in [-0.4, -0.2) is 61.8 Å². The fourth-order valence-corrected chi connectivity index (χ4v) is 4.71. The van der Waals surface area contributed by atoms with Gasteiger partial charge >= 0.3 is 5.76 Å². The molecule has 1 unspecified atom stereocenters. The van der Waals surface area contributed by atoms with E-state index in [1.807, 2.05) is 6.07 Å². The number of nitrogens with one attached hydrogen (secondary N) is 1. The zero-order chi connectivity index (χ0) is 22.1. The number of likely N-dealkylation sites (N-methyl/N-ethyl adjacent to an activating group) is 1. The van der Waals surface area contributed by atoms with Gasteiger partial charge in [-0.2, -0.15) is 0 Å². The molecule has 0 spiro atoms. The SMILES string of the molecule is CN1CCc2cc(C(CNC(=O)Cn3c(=O)oc4ccccc43)N3CCOCC3)ccc21. The number of hydrogen-bond donors (Lipinski definition) is 1. The van der Waals surface area contributed by atoms with E-state index < -0.39 is 5.76 Å². The standard InChI is InChI=1S/C24H28N4O4/c1-26-9-8-18-14-17(6-7-19(18)26)21(27-10-12-31-13-11-27)15-25-23(29)16-28-20-4-2-3-5-22(20)32-24(28)30/h2-7,14,21H,8-13,15-16H2,1H3,(H,25,29). The fraction of sp³-hybridized carbons (Fsp3) is 0.417. The number of hydrogen-bond acceptors (Lipinski definition) is 6. The second kappa shape index (κ2) is 8.80. The van der Waals surface area contributed by atoms with Crippen LogP contribution >= 0.6 is 0 Å². The monoisotopic (exact) mass is 436 g/mol. The number of nitrogens with zero attached hydrogens (tertiary/aromatic N) is 3. The molecule has 0 bridgehead atoms. The highest BCUT2D eigenvalue weighted by Gasteiger charge is 2.25. The van der Waals surface area contributed by atoms with Crippen LogP contribution in [0, 0.1) is 0 Å². The van der Waals surface area contributed by atoms with Gasteiger partial charge < -0.3 is 19.4 Å². The van der Waals surface area contributed by atoms with E-state index >= 15 is 0 Å². The van der Waals surface area contributed by atoms with E-state index in [4.69, 9.17) is 9.15 Å². The molecular formula is C24H28N4O4. The van der Waals surface area contributed by atoms with Crippen LogP contribution in [0.15, 0.2) is 51.7 Å². The first-order chi connectivity index (χ1) is 15.6. The number of fused-ring (bicyclic) bond motifs is 2. The highest BCUT2D eigenvalue weighted by atomic mass is 16.5. The van der Waals surface area contributed by atoms with E-state index in [-0.39, 0.29) is 18.5 Å². The zero-order valence-corrected chi connectivity index (χ0v) is 18.3. The number of amides is 1. The van der Waals surface area contributed by atoms with E-state index in [2.05, 4.69) is 40.4 Å². The molecule has 0 saturated carbocycles. The van der Waals surface area contributed by atoms with Crippen LogP contribution in [0.2, 0.25) is 0 Å². The van der Waals surface area contributed by atoms with Gasteiger partial charge in [-0.3, -0.25) is 14.3 Å². The molecule has 1 amide bonds. The van der Waals surface area contributed by atoms with E-state index in [1.165, 1.54) is 21.4 Å². The number of anilines is 1. The second-order valence-electron chi connectivity index (χ2n) is 8.45. The van der Waals surface area contributed by atoms with Crippen LogP contribution in [0.5, 0.6) is 0 Å². The minimum Gasteiger partial charge on any atom is -0.408 e. The number of ether oxygens (including phenoxy) is 1. The Hall–Kier alpha value is -3.10. The lowest BCUT2D eigenvalue weighted by molar-refractivity contribution is -0.122. The Balaban J connectivity index is 1.33. The Morgan fingerprint density at radius 1 is 1.12 bits per heavy atom. The number of aromatic nitrogens is 1. The van der Waals surface area contributed by atoms with Gasteiger partial charge in [-0.15, -0.1) is 0 Å². The summed E-state index contributed by atoms with van der Waals surface area (Å²) in [4.78, 5) is 29.6. The first kappa shape index (κ1) is 20.8. The molecular weight excluding hydrogens is 408 g/mol. The Morgan fingerprint density at radius 2 is 1.94 bits per heavy atom. The Kier molecular flexibility index (Phi) is 5.71. The van der Waals surface area contributed by atoms with Crippen molar-refractivity contribution >= 4 is 22.7 Å². The molecule has 2 aromatic carbocycles. The maximum atomic E-state index is 12.8. The largest absolute Gasteiger partial charge is 0.420 e. The Morgan fingerprint density at radius 3 is 2.78 bits per heavy atom. The molecule has 168 valence electrons. The number of carbonyl (C=O) groups excluding carboxylic acids is 1. The molecule has 3 heterocycles. The molecule has 1 fully saturated rings. The summed E-state index contributed by atoms with van der Waals surface area (Å²) in [6.07, 6.45) is 1.04. The minimum atomic E-state index is -0.520. The molecule has 2 aliphatic rings. The summed E-state index contributed by atoms with van der Waals surface area (Å²) in [6, 6.07) is 13.8. The first-order valence-electron chi connectivity index (χ1n) is 11.1. The normalized spacial score (nSPS) is 17.5. The molecule has 3 aromatic rings. The molecule has 0 aliphatic carbocycles. The third-order valence-corrected chi connectivity index (χ3v) is 6.47. The summed E-state index contributed by atoms with van der Waals surface area (Å²) in [5.74, 6) is -0.730. The molecule has 32 heavy (non-hydrogen) atoms. The van der Waals surface area contributed by atoms with Crippen LogP contribution in [0.3, 0.4) is 0 Å². The molecule has 0 radical (unpaired) electrons. The highest BCUT2D eigenvalue weighted by Crippen LogP contribution is 2.31. The number of rotatable bonds is 6. The number of carbonyl (C=O) groups is 1. The summed E-state index contributed by atoms with van der Waals surface area (Å²) in [7, 11) is 2.12. The van der Waals surface area contributed by atoms with Crippen molar-refractivity contribution in [1.82, 2.24) is 14.8 Å². The molecule has 1 aromatic heterocycles. The first-order valence-corrected chi connectivity index (χ1v) is 11.1. The van der Waals surface area contributed by atoms with E-state index in [1.54, 1.807) is 18.2 Å². The van der Waals surface area contributed by atoms with Gasteiger partial charge in [0.25, 0.3) is 0 Å². The summed E-state index contributed by atoms with van der Waals surface area (Å²) in [5, 5.41) is 3.05. The number of morpholine rings is 1. The number of oxazole rings is 1. The zero-order valence-electron chi connectivity index (χ0n) is 18.3. The van der Waals surface area contributed by atoms with Gasteiger partial charge in [0.2, 0.25) is 5.91 Å². The second-order valence-corrected chi connectivity index (χ2v) is 8.45. The third kappa shape index (κ3) is 4.03. The van der Waals surface area contributed by atoms with E-state index in [0.29, 0.717) is 30.9 Å². The van der Waals surface area contributed by atoms with Crippen LogP contribution in [0.4, 0.5) is 5.69 Å². The van der Waals surface area contributed by atoms with Crippen molar-refractivity contribution in [2.24, 2.45) is 0 Å². The van der Waals surface area contributed by atoms with Gasteiger partial charge in [0.05, 0.1) is 24.8 Å². The van der Waals surface area contributed by atoms with Crippen molar-refractivity contribution in [3.05, 3.63) is 64.1 Å². The quantitative estimate of drug-likeness (QED) is 0.635. The maximum Gasteiger partial charge on any atom is 0.420 e. The van der Waals surface area contributed by atoms with Gasteiger partial charge in [-0.1, -0.05) is 24.3 Å².